The average Bonchev–Trinajstić information content (AvgIpc) is 2.73. The molecule has 6 N–H and O–H groups in total. The summed E-state index contributed by atoms with van der Waals surface area (Å²) in [7, 11) is 2.00. The Balaban J connectivity index is 0. The summed E-state index contributed by atoms with van der Waals surface area (Å²) < 4.78 is 0. The smallest absolute Gasteiger partial charge is 0.0319 e. The number of nitrogens with two attached hydrogens (primary N) is 2. The number of hydrogen-bond acceptors (Lipinski definition) is 4. The van der Waals surface area contributed by atoms with E-state index < -0.39 is 0 Å². The minimum absolute atomic E-state index is 0.317. The largest absolute Gasteiger partial charge is 0.400 e. The van der Waals surface area contributed by atoms with Crippen LogP contribution in [0.2, 0.25) is 0 Å². The standard InChI is InChI=1S/2C10H15N.2CH4O/c2*1-2-10(11)8-9-6-4-3-5-7-9;2*1-2/h2*3-7,10H,2,8,11H2,1H3;2*2H,1H3/t2*10-;;/m10../s1. The lowest BCUT2D eigenvalue weighted by atomic mass is 10.1. The van der Waals surface area contributed by atoms with Gasteiger partial charge in [-0.1, -0.05) is 74.5 Å². The predicted molar refractivity (Wildman–Crippen MR) is 113 cm³/mol. The lowest BCUT2D eigenvalue weighted by Crippen LogP contribution is -2.21. The molecule has 0 bridgehead atoms. The summed E-state index contributed by atoms with van der Waals surface area (Å²) in [6, 6.07) is 21.4. The second-order valence-corrected chi connectivity index (χ2v) is 5.72. The van der Waals surface area contributed by atoms with E-state index in [1.807, 2.05) is 12.1 Å². The first kappa shape index (κ1) is 26.5. The third-order valence-corrected chi connectivity index (χ3v) is 3.73. The van der Waals surface area contributed by atoms with Crippen LogP contribution in [0.25, 0.3) is 0 Å². The molecule has 2 rings (SSSR count). The molecule has 2 aromatic rings. The zero-order valence-electron chi connectivity index (χ0n) is 16.8. The second-order valence-electron chi connectivity index (χ2n) is 5.72. The molecule has 0 aromatic heterocycles. The number of benzene rings is 2. The fourth-order valence-corrected chi connectivity index (χ4v) is 2.12. The third-order valence-electron chi connectivity index (χ3n) is 3.73. The Bertz CT molecular complexity index is 445. The predicted octanol–water partition coefficient (Wildman–Crippen LogP) is 3.15. The van der Waals surface area contributed by atoms with Gasteiger partial charge < -0.3 is 21.7 Å². The zero-order chi connectivity index (χ0) is 20.2. The van der Waals surface area contributed by atoms with Gasteiger partial charge in [-0.2, -0.15) is 0 Å². The molecule has 0 unspecified atom stereocenters. The van der Waals surface area contributed by atoms with Gasteiger partial charge in [0.25, 0.3) is 0 Å². The first-order valence-corrected chi connectivity index (χ1v) is 9.14. The van der Waals surface area contributed by atoms with Crippen LogP contribution in [0.5, 0.6) is 0 Å². The number of aliphatic hydroxyl groups excluding tert-OH is 2. The number of rotatable bonds is 6. The molecule has 0 radical (unpaired) electrons. The molecule has 0 amide bonds. The maximum absolute atomic E-state index is 7.00. The van der Waals surface area contributed by atoms with Crippen LogP contribution in [0.4, 0.5) is 0 Å². The van der Waals surface area contributed by atoms with E-state index in [2.05, 4.69) is 62.4 Å². The summed E-state index contributed by atoms with van der Waals surface area (Å²) in [5.41, 5.74) is 14.3. The first-order chi connectivity index (χ1) is 12.7. The van der Waals surface area contributed by atoms with Crippen LogP contribution < -0.4 is 11.5 Å². The van der Waals surface area contributed by atoms with E-state index >= 15 is 0 Å². The van der Waals surface area contributed by atoms with Crippen LogP contribution in [0.15, 0.2) is 60.7 Å². The van der Waals surface area contributed by atoms with Gasteiger partial charge in [0.2, 0.25) is 0 Å². The van der Waals surface area contributed by atoms with Gasteiger partial charge in [-0.3, -0.25) is 0 Å². The Morgan fingerprint density at radius 2 is 0.885 bits per heavy atom. The summed E-state index contributed by atoms with van der Waals surface area (Å²) >= 11 is 0. The van der Waals surface area contributed by atoms with Gasteiger partial charge in [0.05, 0.1) is 0 Å². The van der Waals surface area contributed by atoms with Crippen LogP contribution >= 0.6 is 0 Å². The van der Waals surface area contributed by atoms with E-state index in [-0.39, 0.29) is 0 Å². The van der Waals surface area contributed by atoms with E-state index in [9.17, 15) is 0 Å². The first-order valence-electron chi connectivity index (χ1n) is 9.14. The van der Waals surface area contributed by atoms with E-state index in [4.69, 9.17) is 21.7 Å². The summed E-state index contributed by atoms with van der Waals surface area (Å²) in [5, 5.41) is 14.0. The molecule has 2 atom stereocenters. The lowest BCUT2D eigenvalue weighted by molar-refractivity contribution is 0.399. The molecule has 0 aliphatic rings. The van der Waals surface area contributed by atoms with Crippen LogP contribution in [0.1, 0.15) is 37.8 Å². The summed E-state index contributed by atoms with van der Waals surface area (Å²) in [6.07, 6.45) is 4.10. The van der Waals surface area contributed by atoms with Gasteiger partial charge in [0.15, 0.2) is 0 Å². The fraction of sp³-hybridized carbons (Fsp3) is 0.455. The van der Waals surface area contributed by atoms with E-state index in [0.717, 1.165) is 39.9 Å². The van der Waals surface area contributed by atoms with Crippen molar-refractivity contribution < 1.29 is 10.2 Å². The summed E-state index contributed by atoms with van der Waals surface area (Å²) in [4.78, 5) is 0. The van der Waals surface area contributed by atoms with Crippen molar-refractivity contribution in [3.63, 3.8) is 0 Å². The molecule has 26 heavy (non-hydrogen) atoms. The molecule has 148 valence electrons. The lowest BCUT2D eigenvalue weighted by Gasteiger charge is -2.07. The van der Waals surface area contributed by atoms with Gasteiger partial charge in [0, 0.05) is 26.3 Å². The van der Waals surface area contributed by atoms with Crippen molar-refractivity contribution in [3.8, 4) is 0 Å². The van der Waals surface area contributed by atoms with Crippen molar-refractivity contribution >= 4 is 0 Å². The quantitative estimate of drug-likeness (QED) is 0.635. The van der Waals surface area contributed by atoms with Crippen molar-refractivity contribution in [2.24, 2.45) is 11.5 Å². The summed E-state index contributed by atoms with van der Waals surface area (Å²) in [5.74, 6) is 0. The van der Waals surface area contributed by atoms with Gasteiger partial charge in [-0.25, -0.2) is 0 Å². The van der Waals surface area contributed by atoms with E-state index in [0.29, 0.717) is 12.1 Å². The molecule has 0 saturated heterocycles. The van der Waals surface area contributed by atoms with Gasteiger partial charge >= 0.3 is 0 Å². The molecule has 0 aliphatic carbocycles. The van der Waals surface area contributed by atoms with E-state index in [1.54, 1.807) is 0 Å². The topological polar surface area (TPSA) is 92.5 Å². The van der Waals surface area contributed by atoms with Crippen LogP contribution in [0.3, 0.4) is 0 Å². The Kier molecular flexibility index (Phi) is 20.0. The highest BCUT2D eigenvalue weighted by Gasteiger charge is 1.99. The van der Waals surface area contributed by atoms with Gasteiger partial charge in [-0.05, 0) is 36.8 Å². The molecular weight excluding hydrogens is 324 g/mol. The van der Waals surface area contributed by atoms with Crippen LogP contribution in [-0.2, 0) is 12.8 Å². The molecule has 0 spiro atoms. The summed E-state index contributed by atoms with van der Waals surface area (Å²) in [6.45, 7) is 4.24. The maximum Gasteiger partial charge on any atom is 0.0319 e. The van der Waals surface area contributed by atoms with Crippen molar-refractivity contribution in [2.45, 2.75) is 51.6 Å². The van der Waals surface area contributed by atoms with Gasteiger partial charge in [0.1, 0.15) is 0 Å². The fourth-order valence-electron chi connectivity index (χ4n) is 2.12. The van der Waals surface area contributed by atoms with Crippen molar-refractivity contribution in [3.05, 3.63) is 71.8 Å². The van der Waals surface area contributed by atoms with Crippen molar-refractivity contribution in [1.82, 2.24) is 0 Å². The minimum atomic E-state index is 0.317. The molecule has 4 nitrogen and oxygen atoms in total. The molecule has 4 heteroatoms. The Morgan fingerprint density at radius 3 is 1.12 bits per heavy atom. The van der Waals surface area contributed by atoms with Gasteiger partial charge in [-0.15, -0.1) is 0 Å². The van der Waals surface area contributed by atoms with Crippen LogP contribution in [-0.4, -0.2) is 36.5 Å². The molecule has 0 fully saturated rings. The Morgan fingerprint density at radius 1 is 0.615 bits per heavy atom. The normalized spacial score (nSPS) is 11.4. The highest BCUT2D eigenvalue weighted by Crippen LogP contribution is 2.03. The van der Waals surface area contributed by atoms with Crippen LogP contribution in [0, 0.1) is 0 Å². The highest BCUT2D eigenvalue weighted by molar-refractivity contribution is 5.16. The second kappa shape index (κ2) is 19.6. The Hall–Kier alpha value is -1.72. The molecule has 0 saturated carbocycles. The maximum atomic E-state index is 7.00. The SMILES string of the molecule is CC[C@@H](N)Cc1ccccc1.CC[C@H](N)Cc1ccccc1.CO.CO. The number of aliphatic hydroxyl groups is 2. The van der Waals surface area contributed by atoms with Crippen molar-refractivity contribution in [1.29, 1.82) is 0 Å². The molecule has 0 aliphatic heterocycles. The highest BCUT2D eigenvalue weighted by atomic mass is 16.2. The Labute approximate surface area is 159 Å². The monoisotopic (exact) mass is 362 g/mol. The molecular formula is C22H38N2O2. The molecule has 0 heterocycles. The van der Waals surface area contributed by atoms with Crippen molar-refractivity contribution in [2.75, 3.05) is 14.2 Å². The molecule has 2 aromatic carbocycles. The average molecular weight is 363 g/mol. The minimum Gasteiger partial charge on any atom is -0.400 e. The van der Waals surface area contributed by atoms with E-state index in [1.165, 1.54) is 11.1 Å². The zero-order valence-corrected chi connectivity index (χ0v) is 16.8. The third kappa shape index (κ3) is 14.6. The number of hydrogen-bond donors (Lipinski definition) is 4.